The Kier molecular flexibility index (Phi) is 10.8. The van der Waals surface area contributed by atoms with Crippen LogP contribution >= 0.6 is 0 Å². The molecule has 3 aliphatic rings. The summed E-state index contributed by atoms with van der Waals surface area (Å²) in [6.45, 7) is 20.5. The van der Waals surface area contributed by atoms with Crippen LogP contribution in [-0.4, -0.2) is 74.6 Å². The van der Waals surface area contributed by atoms with Gasteiger partial charge in [0.15, 0.2) is 14.1 Å². The van der Waals surface area contributed by atoms with Crippen molar-refractivity contribution < 1.29 is 38.0 Å². The number of aliphatic hydroxyl groups excluding tert-OH is 1. The van der Waals surface area contributed by atoms with E-state index in [0.717, 1.165) is 29.7 Å². The Labute approximate surface area is 282 Å². The van der Waals surface area contributed by atoms with Gasteiger partial charge in [-0.1, -0.05) is 69.3 Å². The van der Waals surface area contributed by atoms with Gasteiger partial charge in [-0.2, -0.15) is 0 Å². The smallest absolute Gasteiger partial charge is 0.192 e. The molecule has 0 saturated carbocycles. The Hall–Kier alpha value is -2.08. The molecule has 0 amide bonds. The lowest BCUT2D eigenvalue weighted by molar-refractivity contribution is -0.343. The van der Waals surface area contributed by atoms with Crippen LogP contribution in [0.15, 0.2) is 67.3 Å². The second-order valence-electron chi connectivity index (χ2n) is 15.6. The van der Waals surface area contributed by atoms with Gasteiger partial charge in [0, 0.05) is 19.3 Å². The summed E-state index contributed by atoms with van der Waals surface area (Å²) >= 11 is 0. The highest BCUT2D eigenvalue weighted by atomic mass is 28.4. The van der Waals surface area contributed by atoms with Crippen molar-refractivity contribution in [1.29, 1.82) is 0 Å². The number of ether oxygens (including phenoxy) is 6. The SMILES string of the molecule is C=C[C@@H](O)[C@H](OCc1ccc(OC)cc1)[C@@]1(C)C[C@@H](O[Si](C)(C)C(C)(C)C)[C@@H]([C@H]2C[C@]3(C)CC[C@](COCc4ccccc4)(O2)O3)O1. The molecule has 8 atom stereocenters. The molecule has 5 rings (SSSR count). The van der Waals surface area contributed by atoms with Crippen molar-refractivity contribution >= 4 is 8.32 Å². The molecule has 0 aliphatic carbocycles. The first-order valence-electron chi connectivity index (χ1n) is 17.0. The van der Waals surface area contributed by atoms with E-state index in [-0.39, 0.29) is 22.8 Å². The number of fused-ring (bicyclic) bond motifs is 2. The minimum Gasteiger partial charge on any atom is -0.497 e. The first kappa shape index (κ1) is 36.2. The molecule has 0 radical (unpaired) electrons. The molecule has 3 saturated heterocycles. The predicted molar refractivity (Wildman–Crippen MR) is 185 cm³/mol. The van der Waals surface area contributed by atoms with Gasteiger partial charge in [0.05, 0.1) is 43.7 Å². The first-order chi connectivity index (χ1) is 22.1. The number of hydrogen-bond donors (Lipinski definition) is 1. The second kappa shape index (κ2) is 14.0. The highest BCUT2D eigenvalue weighted by molar-refractivity contribution is 6.74. The van der Waals surface area contributed by atoms with Gasteiger partial charge in [-0.05, 0) is 61.7 Å². The molecule has 9 heteroatoms. The fourth-order valence-corrected chi connectivity index (χ4v) is 8.30. The van der Waals surface area contributed by atoms with Crippen molar-refractivity contribution in [2.45, 2.75) is 139 Å². The third kappa shape index (κ3) is 8.22. The largest absolute Gasteiger partial charge is 0.497 e. The summed E-state index contributed by atoms with van der Waals surface area (Å²) in [5.74, 6) is -0.0837. The number of rotatable bonds is 14. The maximum atomic E-state index is 11.3. The van der Waals surface area contributed by atoms with Crippen molar-refractivity contribution in [2.75, 3.05) is 13.7 Å². The number of methoxy groups -OCH3 is 1. The van der Waals surface area contributed by atoms with E-state index in [4.69, 9.17) is 32.8 Å². The zero-order valence-corrected chi connectivity index (χ0v) is 30.6. The summed E-state index contributed by atoms with van der Waals surface area (Å²) in [5.41, 5.74) is 0.828. The van der Waals surface area contributed by atoms with Crippen LogP contribution in [0.25, 0.3) is 0 Å². The Bertz CT molecular complexity index is 1330. The zero-order chi connectivity index (χ0) is 34.1. The first-order valence-corrected chi connectivity index (χ1v) is 19.9. The van der Waals surface area contributed by atoms with Crippen LogP contribution in [0.5, 0.6) is 5.75 Å². The molecule has 0 spiro atoms. The normalized spacial score (nSPS) is 32.2. The fourth-order valence-electron chi connectivity index (χ4n) is 6.97. The average Bonchev–Trinajstić information content (AvgIpc) is 3.48. The van der Waals surface area contributed by atoms with Gasteiger partial charge in [-0.25, -0.2) is 0 Å². The van der Waals surface area contributed by atoms with E-state index in [1.807, 2.05) is 49.4 Å². The molecule has 2 aromatic carbocycles. The van der Waals surface area contributed by atoms with Crippen molar-refractivity contribution in [3.63, 3.8) is 0 Å². The third-order valence-corrected chi connectivity index (χ3v) is 15.1. The molecule has 47 heavy (non-hydrogen) atoms. The minimum atomic E-state index is -2.23. The van der Waals surface area contributed by atoms with E-state index < -0.39 is 38.0 Å². The molecule has 1 N–H and O–H groups in total. The van der Waals surface area contributed by atoms with E-state index in [1.165, 1.54) is 6.08 Å². The van der Waals surface area contributed by atoms with Crippen LogP contribution in [0.1, 0.15) is 71.4 Å². The molecule has 3 heterocycles. The van der Waals surface area contributed by atoms with E-state index in [9.17, 15) is 5.11 Å². The molecule has 8 nitrogen and oxygen atoms in total. The maximum Gasteiger partial charge on any atom is 0.192 e. The Morgan fingerprint density at radius 2 is 1.66 bits per heavy atom. The van der Waals surface area contributed by atoms with E-state index in [1.54, 1.807) is 7.11 Å². The average molecular weight is 669 g/mol. The fraction of sp³-hybridized carbons (Fsp3) is 0.632. The summed E-state index contributed by atoms with van der Waals surface area (Å²) < 4.78 is 45.8. The van der Waals surface area contributed by atoms with E-state index in [0.29, 0.717) is 32.7 Å². The van der Waals surface area contributed by atoms with Gasteiger partial charge in [0.25, 0.3) is 0 Å². The monoisotopic (exact) mass is 668 g/mol. The summed E-state index contributed by atoms with van der Waals surface area (Å²) in [4.78, 5) is 0. The molecule has 3 aliphatic heterocycles. The van der Waals surface area contributed by atoms with Crippen molar-refractivity contribution in [3.05, 3.63) is 78.4 Å². The van der Waals surface area contributed by atoms with Crippen molar-refractivity contribution in [1.82, 2.24) is 0 Å². The molecular formula is C38H56O8Si. The maximum absolute atomic E-state index is 11.3. The Morgan fingerprint density at radius 1 is 0.979 bits per heavy atom. The van der Waals surface area contributed by atoms with E-state index in [2.05, 4.69) is 59.5 Å². The number of aliphatic hydroxyl groups is 1. The summed E-state index contributed by atoms with van der Waals surface area (Å²) in [6.07, 6.45) is 1.76. The summed E-state index contributed by atoms with van der Waals surface area (Å²) in [7, 11) is -0.584. The van der Waals surface area contributed by atoms with Crippen LogP contribution in [0, 0.1) is 0 Å². The van der Waals surface area contributed by atoms with Crippen LogP contribution < -0.4 is 4.74 Å². The van der Waals surface area contributed by atoms with Crippen LogP contribution in [-0.2, 0) is 41.3 Å². The van der Waals surface area contributed by atoms with Crippen LogP contribution in [0.3, 0.4) is 0 Å². The van der Waals surface area contributed by atoms with Gasteiger partial charge < -0.3 is 38.0 Å². The lowest BCUT2D eigenvalue weighted by atomic mass is 9.88. The van der Waals surface area contributed by atoms with Gasteiger partial charge in [-0.15, -0.1) is 6.58 Å². The minimum absolute atomic E-state index is 0.00448. The molecular weight excluding hydrogens is 612 g/mol. The topological polar surface area (TPSA) is 84.8 Å². The quantitative estimate of drug-likeness (QED) is 0.166. The summed E-state index contributed by atoms with van der Waals surface area (Å²) in [6, 6.07) is 17.9. The van der Waals surface area contributed by atoms with Crippen molar-refractivity contribution in [3.8, 4) is 5.75 Å². The number of hydrogen-bond acceptors (Lipinski definition) is 8. The van der Waals surface area contributed by atoms with E-state index >= 15 is 0 Å². The second-order valence-corrected chi connectivity index (χ2v) is 20.4. The molecule has 3 fully saturated rings. The van der Waals surface area contributed by atoms with Gasteiger partial charge in [0.2, 0.25) is 0 Å². The highest BCUT2D eigenvalue weighted by Crippen LogP contribution is 2.52. The zero-order valence-electron chi connectivity index (χ0n) is 29.6. The number of benzene rings is 2. The molecule has 0 aromatic heterocycles. The molecule has 2 bridgehead atoms. The lowest BCUT2D eigenvalue weighted by Crippen LogP contribution is -2.56. The standard InChI is InChI=1S/C38H56O8Si/c1-10-30(39)34(42-25-28-16-18-29(40-7)19-17-28)37(6)23-32(45-47(8,9)35(2,3)4)33(44-37)31-22-36(5)20-21-38(43-31,46-36)26-41-24-27-14-12-11-13-15-27/h10-19,30-34,39H,1,20-26H2,2-9H3/t30-,31-,32-,33-,34+,36+,37-,38+/m1/s1. The van der Waals surface area contributed by atoms with Crippen LogP contribution in [0.2, 0.25) is 18.1 Å². The summed E-state index contributed by atoms with van der Waals surface area (Å²) in [5, 5.41) is 11.3. The van der Waals surface area contributed by atoms with Crippen molar-refractivity contribution in [2.24, 2.45) is 0 Å². The Morgan fingerprint density at radius 3 is 2.30 bits per heavy atom. The lowest BCUT2D eigenvalue weighted by Gasteiger charge is -2.46. The van der Waals surface area contributed by atoms with Gasteiger partial charge >= 0.3 is 0 Å². The predicted octanol–water partition coefficient (Wildman–Crippen LogP) is 7.34. The van der Waals surface area contributed by atoms with Gasteiger partial charge in [0.1, 0.15) is 30.7 Å². The Balaban J connectivity index is 1.39. The third-order valence-electron chi connectivity index (χ3n) is 10.6. The van der Waals surface area contributed by atoms with Crippen LogP contribution in [0.4, 0.5) is 0 Å². The molecule has 2 aromatic rings. The van der Waals surface area contributed by atoms with Gasteiger partial charge in [-0.3, -0.25) is 0 Å². The highest BCUT2D eigenvalue weighted by Gasteiger charge is 2.61. The molecule has 0 unspecified atom stereocenters. The molecule has 260 valence electrons.